The fourth-order valence-corrected chi connectivity index (χ4v) is 2.15. The Morgan fingerprint density at radius 1 is 1.38 bits per heavy atom. The summed E-state index contributed by atoms with van der Waals surface area (Å²) in [5.74, 6) is 1.30. The largest absolute Gasteiger partial charge is 0.309 e. The van der Waals surface area contributed by atoms with E-state index in [0.717, 1.165) is 6.54 Å². The van der Waals surface area contributed by atoms with Gasteiger partial charge in [0.2, 0.25) is 0 Å². The normalized spacial score (nSPS) is 12.9. The lowest BCUT2D eigenvalue weighted by atomic mass is 10.2. The van der Waals surface area contributed by atoms with Crippen molar-refractivity contribution >= 4 is 11.8 Å². The van der Waals surface area contributed by atoms with E-state index in [-0.39, 0.29) is 0 Å². The Balaban J connectivity index is 1.95. The summed E-state index contributed by atoms with van der Waals surface area (Å²) >= 11 is 1.94. The molecule has 1 aromatic rings. The van der Waals surface area contributed by atoms with Crippen molar-refractivity contribution in [2.24, 2.45) is 0 Å². The van der Waals surface area contributed by atoms with Gasteiger partial charge in [-0.2, -0.15) is 16.9 Å². The zero-order chi connectivity index (χ0) is 11.6. The maximum absolute atomic E-state index is 3.95. The Bertz CT molecular complexity index is 249. The fourth-order valence-electron chi connectivity index (χ4n) is 1.66. The molecule has 0 aliphatic rings. The Labute approximate surface area is 103 Å². The fraction of sp³-hybridized carbons (Fsp3) is 0.750. The maximum atomic E-state index is 3.95. The Morgan fingerprint density at radius 2 is 2.19 bits per heavy atom. The van der Waals surface area contributed by atoms with E-state index < -0.39 is 0 Å². The minimum absolute atomic E-state index is 0.383. The van der Waals surface area contributed by atoms with Crippen molar-refractivity contribution in [1.29, 1.82) is 0 Å². The summed E-state index contributed by atoms with van der Waals surface area (Å²) in [6.07, 6.45) is 9.30. The first-order valence-corrected chi connectivity index (χ1v) is 7.45. The molecule has 4 heteroatoms. The van der Waals surface area contributed by atoms with E-state index in [9.17, 15) is 0 Å². The standard InChI is InChI=1S/C12H23N3S/c1-11(12-7-9-14-15-12)13-8-5-3-4-6-10-16-2/h7,9,11,13H,3-6,8,10H2,1-2H3,(H,14,15). The highest BCUT2D eigenvalue weighted by molar-refractivity contribution is 7.98. The van der Waals surface area contributed by atoms with Crippen LogP contribution in [-0.2, 0) is 0 Å². The average Bonchev–Trinajstić information content (AvgIpc) is 2.81. The number of aromatic amines is 1. The summed E-state index contributed by atoms with van der Waals surface area (Å²) < 4.78 is 0. The molecule has 0 bridgehead atoms. The number of aromatic nitrogens is 2. The molecule has 1 heterocycles. The Hall–Kier alpha value is -0.480. The molecule has 1 atom stereocenters. The van der Waals surface area contributed by atoms with Gasteiger partial charge in [-0.3, -0.25) is 5.10 Å². The zero-order valence-corrected chi connectivity index (χ0v) is 11.1. The van der Waals surface area contributed by atoms with Crippen LogP contribution in [0.25, 0.3) is 0 Å². The van der Waals surface area contributed by atoms with E-state index in [1.54, 1.807) is 6.20 Å². The summed E-state index contributed by atoms with van der Waals surface area (Å²) in [6, 6.07) is 2.41. The lowest BCUT2D eigenvalue weighted by Crippen LogP contribution is -2.20. The van der Waals surface area contributed by atoms with Gasteiger partial charge in [0.05, 0.1) is 5.69 Å². The second-order valence-corrected chi connectivity index (χ2v) is 5.08. The SMILES string of the molecule is CSCCCCCCNC(C)c1ccn[nH]1. The monoisotopic (exact) mass is 241 g/mol. The van der Waals surface area contributed by atoms with Crippen LogP contribution < -0.4 is 5.32 Å². The molecule has 1 aromatic heterocycles. The van der Waals surface area contributed by atoms with Crippen molar-refractivity contribution in [3.63, 3.8) is 0 Å². The number of hydrogen-bond donors (Lipinski definition) is 2. The first-order valence-electron chi connectivity index (χ1n) is 6.06. The average molecular weight is 241 g/mol. The van der Waals surface area contributed by atoms with Gasteiger partial charge < -0.3 is 5.32 Å². The van der Waals surface area contributed by atoms with Gasteiger partial charge in [0.25, 0.3) is 0 Å². The van der Waals surface area contributed by atoms with Gasteiger partial charge in [0.1, 0.15) is 0 Å². The quantitative estimate of drug-likeness (QED) is 0.653. The van der Waals surface area contributed by atoms with Gasteiger partial charge in [-0.15, -0.1) is 0 Å². The minimum Gasteiger partial charge on any atom is -0.309 e. The molecule has 2 N–H and O–H groups in total. The van der Waals surface area contributed by atoms with Gasteiger partial charge in [0, 0.05) is 12.2 Å². The number of nitrogens with zero attached hydrogens (tertiary/aromatic N) is 1. The first kappa shape index (κ1) is 13.6. The smallest absolute Gasteiger partial charge is 0.0518 e. The number of H-pyrrole nitrogens is 1. The molecule has 16 heavy (non-hydrogen) atoms. The van der Waals surface area contributed by atoms with Crippen LogP contribution in [0.4, 0.5) is 0 Å². The van der Waals surface area contributed by atoms with E-state index in [4.69, 9.17) is 0 Å². The van der Waals surface area contributed by atoms with Crippen molar-refractivity contribution in [2.45, 2.75) is 38.6 Å². The lowest BCUT2D eigenvalue weighted by molar-refractivity contribution is 0.528. The third kappa shape index (κ3) is 5.56. The highest BCUT2D eigenvalue weighted by Gasteiger charge is 2.04. The van der Waals surface area contributed by atoms with Crippen molar-refractivity contribution < 1.29 is 0 Å². The summed E-state index contributed by atoms with van der Waals surface area (Å²) in [4.78, 5) is 0. The number of unbranched alkanes of at least 4 members (excludes halogenated alkanes) is 3. The van der Waals surface area contributed by atoms with Gasteiger partial charge in [-0.05, 0) is 44.4 Å². The third-order valence-electron chi connectivity index (χ3n) is 2.71. The van der Waals surface area contributed by atoms with Crippen LogP contribution in [0.15, 0.2) is 12.3 Å². The molecule has 0 amide bonds. The molecular weight excluding hydrogens is 218 g/mol. The van der Waals surface area contributed by atoms with Crippen molar-refractivity contribution in [3.8, 4) is 0 Å². The molecule has 0 saturated heterocycles. The molecule has 0 saturated carbocycles. The van der Waals surface area contributed by atoms with Crippen molar-refractivity contribution in [3.05, 3.63) is 18.0 Å². The second kappa shape index (κ2) is 8.65. The summed E-state index contributed by atoms with van der Waals surface area (Å²) in [5.41, 5.74) is 1.17. The Morgan fingerprint density at radius 3 is 2.88 bits per heavy atom. The van der Waals surface area contributed by atoms with E-state index in [0.29, 0.717) is 6.04 Å². The lowest BCUT2D eigenvalue weighted by Gasteiger charge is -2.11. The molecule has 1 rings (SSSR count). The summed E-state index contributed by atoms with van der Waals surface area (Å²) in [7, 11) is 0. The number of rotatable bonds is 9. The van der Waals surface area contributed by atoms with Crippen LogP contribution in [0.5, 0.6) is 0 Å². The molecular formula is C12H23N3S. The van der Waals surface area contributed by atoms with Crippen LogP contribution in [0, 0.1) is 0 Å². The molecule has 0 radical (unpaired) electrons. The number of thioether (sulfide) groups is 1. The molecule has 1 unspecified atom stereocenters. The van der Waals surface area contributed by atoms with Gasteiger partial charge in [-0.1, -0.05) is 12.8 Å². The molecule has 0 aliphatic carbocycles. The number of nitrogens with one attached hydrogen (secondary N) is 2. The first-order chi connectivity index (χ1) is 7.84. The van der Waals surface area contributed by atoms with Crippen molar-refractivity contribution in [2.75, 3.05) is 18.6 Å². The third-order valence-corrected chi connectivity index (χ3v) is 3.41. The van der Waals surface area contributed by atoms with E-state index in [2.05, 4.69) is 28.7 Å². The molecule has 3 nitrogen and oxygen atoms in total. The van der Waals surface area contributed by atoms with Gasteiger partial charge >= 0.3 is 0 Å². The Kier molecular flexibility index (Phi) is 7.34. The highest BCUT2D eigenvalue weighted by Crippen LogP contribution is 2.08. The maximum Gasteiger partial charge on any atom is 0.0518 e. The van der Waals surface area contributed by atoms with Gasteiger partial charge in [-0.25, -0.2) is 0 Å². The van der Waals surface area contributed by atoms with Crippen LogP contribution in [-0.4, -0.2) is 28.8 Å². The molecule has 92 valence electrons. The molecule has 0 aliphatic heterocycles. The van der Waals surface area contributed by atoms with Crippen molar-refractivity contribution in [1.82, 2.24) is 15.5 Å². The van der Waals surface area contributed by atoms with Crippen LogP contribution in [0.1, 0.15) is 44.3 Å². The minimum atomic E-state index is 0.383. The van der Waals surface area contributed by atoms with Crippen LogP contribution >= 0.6 is 11.8 Å². The van der Waals surface area contributed by atoms with Gasteiger partial charge in [0.15, 0.2) is 0 Å². The predicted octanol–water partition coefficient (Wildman–Crippen LogP) is 2.98. The highest BCUT2D eigenvalue weighted by atomic mass is 32.2. The number of hydrogen-bond acceptors (Lipinski definition) is 3. The predicted molar refractivity (Wildman–Crippen MR) is 71.9 cm³/mol. The van der Waals surface area contributed by atoms with E-state index >= 15 is 0 Å². The van der Waals surface area contributed by atoms with Crippen LogP contribution in [0.3, 0.4) is 0 Å². The van der Waals surface area contributed by atoms with E-state index in [1.165, 1.54) is 37.1 Å². The van der Waals surface area contributed by atoms with E-state index in [1.807, 2.05) is 17.8 Å². The zero-order valence-electron chi connectivity index (χ0n) is 10.3. The summed E-state index contributed by atoms with van der Waals surface area (Å²) in [5, 5.41) is 10.4. The molecule has 0 spiro atoms. The molecule has 0 fully saturated rings. The molecule has 0 aromatic carbocycles. The second-order valence-electron chi connectivity index (χ2n) is 4.09. The van der Waals surface area contributed by atoms with Crippen LogP contribution in [0.2, 0.25) is 0 Å². The summed E-state index contributed by atoms with van der Waals surface area (Å²) in [6.45, 7) is 3.26. The topological polar surface area (TPSA) is 40.7 Å².